The molecule has 0 N–H and O–H groups in total. The van der Waals surface area contributed by atoms with Crippen LogP contribution in [0.3, 0.4) is 0 Å². The first-order valence-electron chi connectivity index (χ1n) is 8.05. The van der Waals surface area contributed by atoms with E-state index >= 15 is 0 Å². The Kier molecular flexibility index (Phi) is 2.85. The van der Waals surface area contributed by atoms with Gasteiger partial charge in [0.2, 0.25) is 0 Å². The van der Waals surface area contributed by atoms with Crippen LogP contribution in [0.15, 0.2) is 54.6 Å². The lowest BCUT2D eigenvalue weighted by Crippen LogP contribution is -1.96. The Morgan fingerprint density at radius 3 is 2.05 bits per heavy atom. The summed E-state index contributed by atoms with van der Waals surface area (Å²) in [6.07, 6.45) is 6.11. The summed E-state index contributed by atoms with van der Waals surface area (Å²) in [7, 11) is 0. The molecule has 0 heterocycles. The van der Waals surface area contributed by atoms with Crippen LogP contribution < -0.4 is 0 Å². The van der Waals surface area contributed by atoms with Crippen molar-refractivity contribution in [3.05, 3.63) is 65.7 Å². The summed E-state index contributed by atoms with van der Waals surface area (Å²) in [5.74, 6) is 1.58. The van der Waals surface area contributed by atoms with E-state index < -0.39 is 0 Å². The molecule has 3 aromatic carbocycles. The maximum atomic E-state index is 2.41. The van der Waals surface area contributed by atoms with Crippen molar-refractivity contribution < 1.29 is 0 Å². The Morgan fingerprint density at radius 2 is 1.33 bits per heavy atom. The van der Waals surface area contributed by atoms with Gasteiger partial charge in [-0.25, -0.2) is 0 Å². The van der Waals surface area contributed by atoms with Gasteiger partial charge in [-0.2, -0.15) is 0 Å². The van der Waals surface area contributed by atoms with Gasteiger partial charge in [-0.3, -0.25) is 0 Å². The second-order valence-corrected chi connectivity index (χ2v) is 5.78. The van der Waals surface area contributed by atoms with Crippen molar-refractivity contribution in [2.45, 2.75) is 26.2 Å². The van der Waals surface area contributed by atoms with Crippen LogP contribution in [-0.2, 0) is 0 Å². The minimum atomic E-state index is 0.773. The summed E-state index contributed by atoms with van der Waals surface area (Å²) in [6, 6.07) is 17.7. The van der Waals surface area contributed by atoms with Crippen LogP contribution in [0.5, 0.6) is 0 Å². The third-order valence-electron chi connectivity index (χ3n) is 4.74. The van der Waals surface area contributed by atoms with Gasteiger partial charge in [-0.05, 0) is 50.9 Å². The van der Waals surface area contributed by atoms with Crippen LogP contribution >= 0.6 is 0 Å². The fraction of sp³-hybridized carbons (Fsp3) is 0.238. The van der Waals surface area contributed by atoms with E-state index in [0.29, 0.717) is 0 Å². The number of benzene rings is 3. The third-order valence-corrected chi connectivity index (χ3v) is 4.74. The Bertz CT molecular complexity index is 854. The zero-order chi connectivity index (χ0) is 14.4. The Hall–Kier alpha value is -2.08. The van der Waals surface area contributed by atoms with Gasteiger partial charge in [0, 0.05) is 0 Å². The maximum absolute atomic E-state index is 2.41. The SMILES string of the molecule is C1=CC2CC2c2c1c1ccccc1c1ccccc21.CC. The molecular weight excluding hydrogens is 252 g/mol. The van der Waals surface area contributed by atoms with E-state index in [1.807, 2.05) is 13.8 Å². The molecule has 0 aromatic heterocycles. The molecule has 0 nitrogen and oxygen atoms in total. The van der Waals surface area contributed by atoms with Gasteiger partial charge in [0.1, 0.15) is 0 Å². The molecule has 1 saturated carbocycles. The van der Waals surface area contributed by atoms with Crippen LogP contribution in [-0.4, -0.2) is 0 Å². The Morgan fingerprint density at radius 1 is 0.762 bits per heavy atom. The quantitative estimate of drug-likeness (QED) is 0.430. The zero-order valence-corrected chi connectivity index (χ0v) is 12.6. The first-order valence-corrected chi connectivity index (χ1v) is 8.05. The lowest BCUT2D eigenvalue weighted by Gasteiger charge is -2.17. The van der Waals surface area contributed by atoms with Crippen molar-refractivity contribution in [2.24, 2.45) is 5.92 Å². The maximum Gasteiger partial charge on any atom is -0.00805 e. The molecule has 2 aliphatic carbocycles. The molecule has 2 unspecified atom stereocenters. The van der Waals surface area contributed by atoms with Gasteiger partial charge < -0.3 is 0 Å². The summed E-state index contributed by atoms with van der Waals surface area (Å²) in [5, 5.41) is 5.68. The molecule has 0 spiro atoms. The minimum Gasteiger partial charge on any atom is -0.0802 e. The third kappa shape index (κ3) is 1.75. The largest absolute Gasteiger partial charge is 0.0802 e. The van der Waals surface area contributed by atoms with Gasteiger partial charge >= 0.3 is 0 Å². The second-order valence-electron chi connectivity index (χ2n) is 5.78. The first-order chi connectivity index (χ1) is 10.4. The monoisotopic (exact) mass is 272 g/mol. The molecule has 0 radical (unpaired) electrons. The molecule has 2 aliphatic rings. The molecule has 1 fully saturated rings. The summed E-state index contributed by atoms with van der Waals surface area (Å²) in [4.78, 5) is 0. The molecular formula is C21H20. The van der Waals surface area contributed by atoms with E-state index in [9.17, 15) is 0 Å². The van der Waals surface area contributed by atoms with E-state index in [2.05, 4.69) is 60.7 Å². The molecule has 5 rings (SSSR count). The minimum absolute atomic E-state index is 0.773. The predicted octanol–water partition coefficient (Wildman–Crippen LogP) is 6.15. The zero-order valence-electron chi connectivity index (χ0n) is 12.6. The van der Waals surface area contributed by atoms with Gasteiger partial charge in [0.15, 0.2) is 0 Å². The van der Waals surface area contributed by atoms with E-state index in [-0.39, 0.29) is 0 Å². The molecule has 0 aliphatic heterocycles. The molecule has 2 atom stereocenters. The topological polar surface area (TPSA) is 0 Å². The molecule has 104 valence electrons. The van der Waals surface area contributed by atoms with E-state index in [1.165, 1.54) is 33.5 Å². The predicted molar refractivity (Wildman–Crippen MR) is 92.7 cm³/mol. The number of rotatable bonds is 0. The van der Waals surface area contributed by atoms with Crippen molar-refractivity contribution in [2.75, 3.05) is 0 Å². The van der Waals surface area contributed by atoms with Crippen LogP contribution in [0.25, 0.3) is 27.6 Å². The van der Waals surface area contributed by atoms with Crippen molar-refractivity contribution in [1.82, 2.24) is 0 Å². The number of fused-ring (bicyclic) bond motifs is 8. The highest BCUT2D eigenvalue weighted by molar-refractivity contribution is 6.13. The fourth-order valence-electron chi connectivity index (χ4n) is 3.75. The Labute approximate surface area is 126 Å². The van der Waals surface area contributed by atoms with Gasteiger partial charge in [0.25, 0.3) is 0 Å². The van der Waals surface area contributed by atoms with Crippen molar-refractivity contribution in [3.63, 3.8) is 0 Å². The smallest absolute Gasteiger partial charge is 0.00805 e. The van der Waals surface area contributed by atoms with E-state index in [0.717, 1.165) is 11.8 Å². The molecule has 0 bridgehead atoms. The van der Waals surface area contributed by atoms with Crippen molar-refractivity contribution in [1.29, 1.82) is 0 Å². The van der Waals surface area contributed by atoms with E-state index in [1.54, 1.807) is 5.56 Å². The Balaban J connectivity index is 0.000000555. The van der Waals surface area contributed by atoms with Crippen molar-refractivity contribution in [3.8, 4) is 0 Å². The summed E-state index contributed by atoms with van der Waals surface area (Å²) in [5.41, 5.74) is 3.06. The fourth-order valence-corrected chi connectivity index (χ4v) is 3.75. The van der Waals surface area contributed by atoms with Gasteiger partial charge in [-0.1, -0.05) is 74.5 Å². The summed E-state index contributed by atoms with van der Waals surface area (Å²) in [6.45, 7) is 4.00. The average molecular weight is 272 g/mol. The van der Waals surface area contributed by atoms with Crippen molar-refractivity contribution >= 4 is 27.6 Å². The lowest BCUT2D eigenvalue weighted by atomic mass is 9.86. The number of allylic oxidation sites excluding steroid dienone is 1. The molecule has 21 heavy (non-hydrogen) atoms. The summed E-state index contributed by atoms with van der Waals surface area (Å²) >= 11 is 0. The molecule has 0 saturated heterocycles. The normalized spacial score (nSPS) is 21.4. The highest BCUT2D eigenvalue weighted by Gasteiger charge is 2.41. The molecule has 3 aromatic rings. The van der Waals surface area contributed by atoms with Crippen LogP contribution in [0.4, 0.5) is 0 Å². The molecule has 0 amide bonds. The van der Waals surface area contributed by atoms with Crippen LogP contribution in [0, 0.1) is 5.92 Å². The highest BCUT2D eigenvalue weighted by Crippen LogP contribution is 2.56. The number of hydrogen-bond acceptors (Lipinski definition) is 0. The average Bonchev–Trinajstić information content (AvgIpc) is 3.36. The van der Waals surface area contributed by atoms with Gasteiger partial charge in [0.05, 0.1) is 0 Å². The number of hydrogen-bond donors (Lipinski definition) is 0. The lowest BCUT2D eigenvalue weighted by molar-refractivity contribution is 1.01. The van der Waals surface area contributed by atoms with Gasteiger partial charge in [-0.15, -0.1) is 0 Å². The molecule has 0 heteroatoms. The van der Waals surface area contributed by atoms with E-state index in [4.69, 9.17) is 0 Å². The van der Waals surface area contributed by atoms with Crippen LogP contribution in [0.1, 0.15) is 37.3 Å². The highest BCUT2D eigenvalue weighted by atomic mass is 14.4. The van der Waals surface area contributed by atoms with Crippen LogP contribution in [0.2, 0.25) is 0 Å². The summed E-state index contributed by atoms with van der Waals surface area (Å²) < 4.78 is 0. The second kappa shape index (κ2) is 4.73. The first kappa shape index (κ1) is 12.6. The standard InChI is InChI=1S/C19H14.C2H6/c1-2-7-15-13(5-1)14-6-3-4-8-16(14)19-17(15)10-9-12-11-18(12)19;1-2/h1-10,12,18H,11H2;1-2H3.